The van der Waals surface area contributed by atoms with Crippen molar-refractivity contribution in [2.45, 2.75) is 129 Å². The fraction of sp³-hybridized carbons (Fsp3) is 0.417. The van der Waals surface area contributed by atoms with E-state index in [9.17, 15) is 0 Å². The fourth-order valence-corrected chi connectivity index (χ4v) is 9.85. The molecule has 2 aliphatic carbocycles. The van der Waals surface area contributed by atoms with Gasteiger partial charge in [-0.25, -0.2) is 0 Å². The molecule has 4 aromatic carbocycles. The van der Waals surface area contributed by atoms with Crippen molar-refractivity contribution in [1.29, 1.82) is 0 Å². The molecule has 50 heavy (non-hydrogen) atoms. The van der Waals surface area contributed by atoms with Gasteiger partial charge in [-0.3, -0.25) is 0 Å². The van der Waals surface area contributed by atoms with Crippen LogP contribution in [0, 0.1) is 0 Å². The molecule has 0 spiro atoms. The molecule has 0 saturated carbocycles. The van der Waals surface area contributed by atoms with Crippen LogP contribution in [0.1, 0.15) is 137 Å². The molecule has 2 aliphatic rings. The van der Waals surface area contributed by atoms with Gasteiger partial charge < -0.3 is 0 Å². The predicted molar refractivity (Wildman–Crippen MR) is 217 cm³/mol. The molecule has 6 rings (SSSR count). The zero-order valence-corrected chi connectivity index (χ0v) is 34.7. The number of fused-ring (bicyclic) bond motifs is 2. The van der Waals surface area contributed by atoms with E-state index in [0.717, 1.165) is 9.52 Å². The largest absolute Gasteiger partial charge is 0.0654 e. The monoisotopic (exact) mass is 752 g/mol. The van der Waals surface area contributed by atoms with Gasteiger partial charge in [-0.2, -0.15) is 0 Å². The van der Waals surface area contributed by atoms with Crippen LogP contribution >= 0.6 is 0 Å². The van der Waals surface area contributed by atoms with Crippen molar-refractivity contribution in [3.05, 3.63) is 129 Å². The molecule has 2 radical (unpaired) electrons. The number of allylic oxidation sites excluding steroid dienone is 2. The first-order valence-corrected chi connectivity index (χ1v) is 21.1. The molecule has 2 heteroatoms. The van der Waals surface area contributed by atoms with Crippen molar-refractivity contribution in [3.63, 3.8) is 0 Å². The minimum atomic E-state index is 0. The third kappa shape index (κ3) is 9.08. The smallest absolute Gasteiger partial charge is 0.0397 e. The minimum absolute atomic E-state index is 0. The van der Waals surface area contributed by atoms with Crippen molar-refractivity contribution in [2.75, 3.05) is 0 Å². The van der Waals surface area contributed by atoms with Crippen molar-refractivity contribution in [2.24, 2.45) is 0 Å². The Labute approximate surface area is 326 Å². The van der Waals surface area contributed by atoms with Crippen LogP contribution in [0.5, 0.6) is 0 Å². The van der Waals surface area contributed by atoms with Gasteiger partial charge in [0.1, 0.15) is 0 Å². The molecule has 0 heterocycles. The van der Waals surface area contributed by atoms with Crippen LogP contribution in [0.2, 0.25) is 12.1 Å². The van der Waals surface area contributed by atoms with Gasteiger partial charge in [-0.15, -0.1) is 0 Å². The predicted octanol–water partition coefficient (Wildman–Crippen LogP) is 14.3. The molecular weight excluding hydrogens is 696 g/mol. The number of unbranched alkanes of at least 4 members (excludes halogenated alkanes) is 4. The third-order valence-corrected chi connectivity index (χ3v) is 12.5. The van der Waals surface area contributed by atoms with Gasteiger partial charge in [0, 0.05) is 47.6 Å². The van der Waals surface area contributed by atoms with Gasteiger partial charge in [-0.1, -0.05) is 174 Å². The zero-order valence-electron chi connectivity index (χ0n) is 31.3. The molecule has 0 amide bonds. The second-order valence-corrected chi connectivity index (χ2v) is 15.9. The molecule has 4 aromatic rings. The normalized spacial score (nSPS) is 16.1. The quantitative estimate of drug-likeness (QED) is 0.0888. The van der Waals surface area contributed by atoms with Gasteiger partial charge in [-0.05, 0) is 107 Å². The van der Waals surface area contributed by atoms with E-state index in [1.165, 1.54) is 134 Å². The van der Waals surface area contributed by atoms with E-state index in [-0.39, 0.29) is 26.2 Å². The van der Waals surface area contributed by atoms with Crippen molar-refractivity contribution >= 4 is 21.7 Å². The van der Waals surface area contributed by atoms with Crippen LogP contribution in [-0.4, -0.2) is 9.52 Å². The summed E-state index contributed by atoms with van der Waals surface area (Å²) in [5.41, 5.74) is 18.0. The second-order valence-electron chi connectivity index (χ2n) is 14.6. The number of hydrogen-bond donors (Lipinski definition) is 0. The molecular formula is C48H58SiZr. The Morgan fingerprint density at radius 3 is 1.22 bits per heavy atom. The summed E-state index contributed by atoms with van der Waals surface area (Å²) in [4.78, 5) is 0. The topological polar surface area (TPSA) is 0 Å². The third-order valence-electron chi connectivity index (χ3n) is 11.1. The Hall–Kier alpha value is -2.54. The fourth-order valence-electron chi connectivity index (χ4n) is 8.14. The first-order chi connectivity index (χ1) is 24.1. The summed E-state index contributed by atoms with van der Waals surface area (Å²) in [6, 6.07) is 35.7. The van der Waals surface area contributed by atoms with Gasteiger partial charge in [0.05, 0.1) is 0 Å². The maximum atomic E-state index is 2.59. The maximum absolute atomic E-state index is 2.59. The van der Waals surface area contributed by atoms with E-state index >= 15 is 0 Å². The van der Waals surface area contributed by atoms with Crippen LogP contribution < -0.4 is 0 Å². The zero-order chi connectivity index (χ0) is 34.0. The van der Waals surface area contributed by atoms with Crippen molar-refractivity contribution in [1.82, 2.24) is 0 Å². The van der Waals surface area contributed by atoms with Crippen LogP contribution in [0.25, 0.3) is 34.4 Å². The molecule has 0 aromatic heterocycles. The van der Waals surface area contributed by atoms with Crippen molar-refractivity contribution in [3.8, 4) is 22.3 Å². The second kappa shape index (κ2) is 19.3. The van der Waals surface area contributed by atoms with E-state index in [1.807, 2.05) is 0 Å². The molecule has 0 saturated heterocycles. The minimum Gasteiger partial charge on any atom is -0.0654 e. The summed E-state index contributed by atoms with van der Waals surface area (Å²) >= 11 is 0. The molecule has 0 aliphatic heterocycles. The molecule has 0 nitrogen and oxygen atoms in total. The average molecular weight is 754 g/mol. The Bertz CT molecular complexity index is 1600. The van der Waals surface area contributed by atoms with E-state index in [4.69, 9.17) is 0 Å². The first-order valence-electron chi connectivity index (χ1n) is 19.7. The van der Waals surface area contributed by atoms with E-state index < -0.39 is 0 Å². The number of benzene rings is 4. The van der Waals surface area contributed by atoms with Gasteiger partial charge >= 0.3 is 0 Å². The Morgan fingerprint density at radius 1 is 0.460 bits per heavy atom. The maximum Gasteiger partial charge on any atom is 0.0397 e. The summed E-state index contributed by atoms with van der Waals surface area (Å²) in [6.45, 7) is 9.23. The number of aryl methyl sites for hydroxylation is 2. The molecule has 2 unspecified atom stereocenters. The summed E-state index contributed by atoms with van der Waals surface area (Å²) < 4.78 is 0. The van der Waals surface area contributed by atoms with Gasteiger partial charge in [0.15, 0.2) is 0 Å². The molecule has 0 fully saturated rings. The standard InChI is InChI=1S/C48H58Si.Zr/c1-5-9-15-35-23-27-37(28-24-35)41-19-13-21-43-45(41)31-39(17-11-7-3)47(43)33-49-34-48-40(18-12-8-4)32-46-42(20-14-22-44(46)48)38-29-25-36(26-30-38)16-10-6-2;/h13-14,19-32,47-48H,5-12,15-18,33-34H2,1-4H3;. The van der Waals surface area contributed by atoms with Crippen LogP contribution in [-0.2, 0) is 39.0 Å². The summed E-state index contributed by atoms with van der Waals surface area (Å²) in [5.74, 6) is 1.12. The Kier molecular flexibility index (Phi) is 15.0. The molecule has 0 bridgehead atoms. The van der Waals surface area contributed by atoms with E-state index in [2.05, 4.69) is 125 Å². The molecule has 258 valence electrons. The Balaban J connectivity index is 0.00000486. The van der Waals surface area contributed by atoms with Crippen molar-refractivity contribution < 1.29 is 26.2 Å². The van der Waals surface area contributed by atoms with E-state index in [0.29, 0.717) is 11.8 Å². The van der Waals surface area contributed by atoms with Gasteiger partial charge in [0.2, 0.25) is 0 Å². The molecule has 2 atom stereocenters. The summed E-state index contributed by atoms with van der Waals surface area (Å²) in [7, 11) is 0.947. The number of rotatable bonds is 18. The number of hydrogen-bond acceptors (Lipinski definition) is 0. The SMILES string of the molecule is CCCCC1=Cc2c(-c3ccc(CCCC)cc3)cccc2C1C[Si]CC1C(CCCC)=Cc2c(-c3ccc(CCCC)cc3)cccc21.[Zr]. The summed E-state index contributed by atoms with van der Waals surface area (Å²) in [5, 5.41) is 0. The Morgan fingerprint density at radius 2 is 0.840 bits per heavy atom. The first kappa shape index (κ1) is 38.7. The van der Waals surface area contributed by atoms with E-state index in [1.54, 1.807) is 22.3 Å². The van der Waals surface area contributed by atoms with Crippen LogP contribution in [0.3, 0.4) is 0 Å². The van der Waals surface area contributed by atoms with Crippen LogP contribution in [0.4, 0.5) is 0 Å². The van der Waals surface area contributed by atoms with Crippen LogP contribution in [0.15, 0.2) is 96.1 Å². The van der Waals surface area contributed by atoms with Gasteiger partial charge in [0.25, 0.3) is 0 Å². The molecule has 0 N–H and O–H groups in total. The average Bonchev–Trinajstić information content (AvgIpc) is 3.69. The summed E-state index contributed by atoms with van der Waals surface area (Å²) in [6.07, 6.45) is 20.1.